The van der Waals surface area contributed by atoms with E-state index in [9.17, 15) is 22.8 Å². The van der Waals surface area contributed by atoms with E-state index in [0.717, 1.165) is 5.56 Å². The summed E-state index contributed by atoms with van der Waals surface area (Å²) >= 11 is 0. The lowest BCUT2D eigenvalue weighted by molar-refractivity contribution is -0.145. The molecule has 13 heteroatoms. The molecule has 4 N–H and O–H groups in total. The van der Waals surface area contributed by atoms with Crippen LogP contribution in [0.3, 0.4) is 0 Å². The van der Waals surface area contributed by atoms with Gasteiger partial charge in [-0.05, 0) is 67.3 Å². The predicted molar refractivity (Wildman–Crippen MR) is 173 cm³/mol. The number of amides is 2. The van der Waals surface area contributed by atoms with Crippen LogP contribution in [-0.4, -0.2) is 50.6 Å². The highest BCUT2D eigenvalue weighted by atomic mass is 32.2. The second kappa shape index (κ2) is 15.8. The third-order valence-electron chi connectivity index (χ3n) is 6.78. The van der Waals surface area contributed by atoms with Crippen LogP contribution < -0.4 is 15.4 Å². The first kappa shape index (κ1) is 33.9. The largest absolute Gasteiger partial charge is 0.465 e. The van der Waals surface area contributed by atoms with Crippen molar-refractivity contribution in [1.29, 1.82) is 5.41 Å². The monoisotopic (exact) mass is 648 g/mol. The molecule has 0 aliphatic heterocycles. The van der Waals surface area contributed by atoms with Gasteiger partial charge >= 0.3 is 12.1 Å². The van der Waals surface area contributed by atoms with E-state index in [-0.39, 0.29) is 37.0 Å². The van der Waals surface area contributed by atoms with Crippen LogP contribution in [0.4, 0.5) is 10.5 Å². The van der Waals surface area contributed by atoms with Crippen LogP contribution >= 0.6 is 0 Å². The Morgan fingerprint density at radius 1 is 0.913 bits per heavy atom. The summed E-state index contributed by atoms with van der Waals surface area (Å²) in [5, 5.41) is 13.9. The molecule has 4 rings (SSSR count). The van der Waals surface area contributed by atoms with Crippen molar-refractivity contribution in [3.63, 3.8) is 0 Å². The minimum Gasteiger partial charge on any atom is -0.465 e. The van der Waals surface area contributed by atoms with E-state index < -0.39 is 34.0 Å². The standard InChI is InChI=1S/C33H36N4O8S/c1-3-5-17-46(41,42)37-27(32(39)43-4-2)18-22-11-14-26(15-12-22)35-31(38)29-20-25-19-24(13-16-28(25)45-29)30(34)36-33(40)44-21-23-9-7-6-8-10-23/h6-16,19-20,27,37H,3-5,17-18,21H2,1-2H3,(H,35,38)(H2,34,36,40)/t27-/m0/s1. The minimum absolute atomic E-state index is 0.0295. The average molecular weight is 649 g/mol. The molecule has 0 spiro atoms. The van der Waals surface area contributed by atoms with E-state index in [1.807, 2.05) is 37.3 Å². The number of rotatable bonds is 14. The van der Waals surface area contributed by atoms with Crippen LogP contribution in [0.5, 0.6) is 0 Å². The lowest BCUT2D eigenvalue weighted by atomic mass is 10.1. The molecule has 0 bridgehead atoms. The molecule has 4 aromatic rings. The van der Waals surface area contributed by atoms with E-state index in [1.54, 1.807) is 49.4 Å². The smallest absolute Gasteiger partial charge is 0.413 e. The highest BCUT2D eigenvalue weighted by molar-refractivity contribution is 7.89. The Morgan fingerprint density at radius 2 is 1.65 bits per heavy atom. The fraction of sp³-hybridized carbons (Fsp3) is 0.273. The number of anilines is 1. The van der Waals surface area contributed by atoms with Gasteiger partial charge in [-0.3, -0.25) is 20.3 Å². The lowest BCUT2D eigenvalue weighted by Crippen LogP contribution is -2.44. The van der Waals surface area contributed by atoms with Gasteiger partial charge in [0.25, 0.3) is 5.91 Å². The molecule has 0 aliphatic rings. The predicted octanol–water partition coefficient (Wildman–Crippen LogP) is 5.13. The van der Waals surface area contributed by atoms with Crippen LogP contribution in [0, 0.1) is 5.41 Å². The summed E-state index contributed by atoms with van der Waals surface area (Å²) in [7, 11) is -3.67. The number of fused-ring (bicyclic) bond motifs is 1. The Bertz CT molecular complexity index is 1790. The second-order valence-corrected chi connectivity index (χ2v) is 12.2. The number of carbonyl (C=O) groups is 3. The maximum atomic E-state index is 12.9. The van der Waals surface area contributed by atoms with Gasteiger partial charge in [-0.15, -0.1) is 0 Å². The van der Waals surface area contributed by atoms with Crippen molar-refractivity contribution in [2.75, 3.05) is 17.7 Å². The summed E-state index contributed by atoms with van der Waals surface area (Å²) in [6.07, 6.45) is 0.470. The summed E-state index contributed by atoms with van der Waals surface area (Å²) in [5.74, 6) is -1.41. The molecule has 1 aromatic heterocycles. The number of esters is 1. The van der Waals surface area contributed by atoms with Gasteiger partial charge in [0.15, 0.2) is 5.76 Å². The van der Waals surface area contributed by atoms with Crippen molar-refractivity contribution in [3.8, 4) is 0 Å². The molecule has 1 atom stereocenters. The van der Waals surface area contributed by atoms with Crippen molar-refractivity contribution in [3.05, 3.63) is 101 Å². The van der Waals surface area contributed by atoms with E-state index in [4.69, 9.17) is 19.3 Å². The Morgan fingerprint density at radius 3 is 2.35 bits per heavy atom. The molecule has 0 radical (unpaired) electrons. The van der Waals surface area contributed by atoms with Crippen molar-refractivity contribution >= 4 is 50.5 Å². The van der Waals surface area contributed by atoms with Crippen LogP contribution in [0.1, 0.15) is 53.9 Å². The van der Waals surface area contributed by atoms with Crippen LogP contribution in [-0.2, 0) is 37.3 Å². The van der Waals surface area contributed by atoms with Gasteiger partial charge < -0.3 is 19.2 Å². The molecule has 242 valence electrons. The maximum Gasteiger partial charge on any atom is 0.413 e. The zero-order valence-corrected chi connectivity index (χ0v) is 26.3. The van der Waals surface area contributed by atoms with E-state index in [2.05, 4.69) is 15.4 Å². The van der Waals surface area contributed by atoms with Gasteiger partial charge in [0.2, 0.25) is 10.0 Å². The number of amidine groups is 1. The van der Waals surface area contributed by atoms with Crippen molar-refractivity contribution in [2.24, 2.45) is 0 Å². The second-order valence-electron chi connectivity index (χ2n) is 10.4. The summed E-state index contributed by atoms with van der Waals surface area (Å²) in [5.41, 5.74) is 2.73. The van der Waals surface area contributed by atoms with Gasteiger partial charge in [-0.1, -0.05) is 55.8 Å². The van der Waals surface area contributed by atoms with Crippen LogP contribution in [0.25, 0.3) is 11.0 Å². The first-order chi connectivity index (χ1) is 22.1. The molecule has 12 nitrogen and oxygen atoms in total. The Labute approximate surface area is 267 Å². The quantitative estimate of drug-likeness (QED) is 0.0826. The fourth-order valence-corrected chi connectivity index (χ4v) is 5.82. The third-order valence-corrected chi connectivity index (χ3v) is 8.25. The molecule has 0 unspecified atom stereocenters. The summed E-state index contributed by atoms with van der Waals surface area (Å²) in [4.78, 5) is 37.6. The number of hydrogen-bond acceptors (Lipinski definition) is 9. The molecular weight excluding hydrogens is 612 g/mol. The Hall–Kier alpha value is -5.01. The van der Waals surface area contributed by atoms with Gasteiger partial charge in [0.05, 0.1) is 12.4 Å². The molecule has 0 saturated carbocycles. The molecule has 3 aromatic carbocycles. The van der Waals surface area contributed by atoms with Gasteiger partial charge in [0, 0.05) is 16.6 Å². The number of benzene rings is 3. The number of unbranched alkanes of at least 4 members (excludes halogenated alkanes) is 1. The molecular formula is C33H36N4O8S. The Balaban J connectivity index is 1.36. The molecule has 0 saturated heterocycles. The third kappa shape index (κ3) is 9.74. The fourth-order valence-electron chi connectivity index (χ4n) is 4.42. The van der Waals surface area contributed by atoms with Crippen LogP contribution in [0.2, 0.25) is 0 Å². The van der Waals surface area contributed by atoms with E-state index in [0.29, 0.717) is 40.6 Å². The highest BCUT2D eigenvalue weighted by Crippen LogP contribution is 2.22. The number of alkyl carbamates (subject to hydrolysis) is 1. The topological polar surface area (TPSA) is 177 Å². The zero-order valence-electron chi connectivity index (χ0n) is 25.5. The first-order valence-corrected chi connectivity index (χ1v) is 16.4. The lowest BCUT2D eigenvalue weighted by Gasteiger charge is -2.17. The number of ether oxygens (including phenoxy) is 2. The van der Waals surface area contributed by atoms with Crippen LogP contribution in [0.15, 0.2) is 83.3 Å². The minimum atomic E-state index is -3.67. The summed E-state index contributed by atoms with van der Waals surface area (Å²) in [6.45, 7) is 3.71. The number of furan rings is 1. The van der Waals surface area contributed by atoms with Gasteiger partial charge in [0.1, 0.15) is 24.1 Å². The number of sulfonamides is 1. The van der Waals surface area contributed by atoms with Crippen molar-refractivity contribution in [1.82, 2.24) is 10.0 Å². The average Bonchev–Trinajstić information content (AvgIpc) is 3.48. The summed E-state index contributed by atoms with van der Waals surface area (Å²) < 4.78 is 43.2. The SMILES string of the molecule is CCCCS(=O)(=O)N[C@@H](Cc1ccc(NC(=O)c2cc3cc(C(=N)NC(=O)OCc4ccccc4)ccc3o2)cc1)C(=O)OCC. The number of hydrogen-bond donors (Lipinski definition) is 4. The summed E-state index contributed by atoms with van der Waals surface area (Å²) in [6, 6.07) is 21.0. The highest BCUT2D eigenvalue weighted by Gasteiger charge is 2.26. The van der Waals surface area contributed by atoms with E-state index >= 15 is 0 Å². The van der Waals surface area contributed by atoms with Gasteiger partial charge in [-0.2, -0.15) is 0 Å². The molecule has 0 fully saturated rings. The maximum absolute atomic E-state index is 12.9. The first-order valence-electron chi connectivity index (χ1n) is 14.7. The van der Waals surface area contributed by atoms with Crippen molar-refractivity contribution < 1.29 is 36.7 Å². The molecule has 46 heavy (non-hydrogen) atoms. The van der Waals surface area contributed by atoms with E-state index in [1.165, 1.54) is 6.07 Å². The molecule has 2 amide bonds. The Kier molecular flexibility index (Phi) is 11.7. The molecule has 1 heterocycles. The number of nitrogens with one attached hydrogen (secondary N) is 4. The molecule has 0 aliphatic carbocycles. The zero-order chi connectivity index (χ0) is 33.1. The number of carbonyl (C=O) groups excluding carboxylic acids is 3. The van der Waals surface area contributed by atoms with Gasteiger partial charge in [-0.25, -0.2) is 17.9 Å². The van der Waals surface area contributed by atoms with Crippen molar-refractivity contribution in [2.45, 2.75) is 45.8 Å². The normalized spacial score (nSPS) is 11.9.